The van der Waals surface area contributed by atoms with Gasteiger partial charge < -0.3 is 0 Å². The summed E-state index contributed by atoms with van der Waals surface area (Å²) in [6, 6.07) is 14.4. The summed E-state index contributed by atoms with van der Waals surface area (Å²) in [5.74, 6) is -0.339. The Kier molecular flexibility index (Phi) is 4.71. The van der Waals surface area contributed by atoms with Gasteiger partial charge in [0.25, 0.3) is 5.91 Å². The highest BCUT2D eigenvalue weighted by Crippen LogP contribution is 2.15. The predicted octanol–water partition coefficient (Wildman–Crippen LogP) is 3.87. The van der Waals surface area contributed by atoms with Crippen LogP contribution >= 0.6 is 27.5 Å². The van der Waals surface area contributed by atoms with Gasteiger partial charge in [0.2, 0.25) is 0 Å². The lowest BCUT2D eigenvalue weighted by molar-refractivity contribution is 0.0955. The molecular formula is C14H10BrClN2O. The first-order valence-electron chi connectivity index (χ1n) is 5.51. The SMILES string of the molecule is O=C(NN=Cc1ccccc1Br)c1ccccc1Cl. The third-order valence-corrected chi connectivity index (χ3v) is 3.45. The van der Waals surface area contributed by atoms with Crippen LogP contribution in [0, 0.1) is 0 Å². The highest BCUT2D eigenvalue weighted by molar-refractivity contribution is 9.10. The molecule has 0 saturated heterocycles. The van der Waals surface area contributed by atoms with E-state index in [1.165, 1.54) is 0 Å². The van der Waals surface area contributed by atoms with Gasteiger partial charge in [-0.1, -0.05) is 57.9 Å². The maximum Gasteiger partial charge on any atom is 0.272 e. The number of carbonyl (C=O) groups is 1. The number of benzene rings is 2. The highest BCUT2D eigenvalue weighted by Gasteiger charge is 2.07. The van der Waals surface area contributed by atoms with Gasteiger partial charge in [-0.15, -0.1) is 0 Å². The van der Waals surface area contributed by atoms with Crippen LogP contribution in [0.5, 0.6) is 0 Å². The van der Waals surface area contributed by atoms with Gasteiger partial charge in [0.05, 0.1) is 16.8 Å². The van der Waals surface area contributed by atoms with E-state index in [-0.39, 0.29) is 5.91 Å². The number of nitrogens with zero attached hydrogens (tertiary/aromatic N) is 1. The molecule has 0 heterocycles. The van der Waals surface area contributed by atoms with Crippen LogP contribution in [0.15, 0.2) is 58.1 Å². The van der Waals surface area contributed by atoms with Crippen LogP contribution in [0.1, 0.15) is 15.9 Å². The zero-order chi connectivity index (χ0) is 13.7. The van der Waals surface area contributed by atoms with Gasteiger partial charge in [-0.2, -0.15) is 5.10 Å². The molecular weight excluding hydrogens is 328 g/mol. The van der Waals surface area contributed by atoms with E-state index in [0.717, 1.165) is 10.0 Å². The van der Waals surface area contributed by atoms with Crippen molar-refractivity contribution in [1.29, 1.82) is 0 Å². The molecule has 3 nitrogen and oxygen atoms in total. The normalized spacial score (nSPS) is 10.6. The van der Waals surface area contributed by atoms with Crippen molar-refractivity contribution in [2.45, 2.75) is 0 Å². The van der Waals surface area contributed by atoms with E-state index in [0.29, 0.717) is 10.6 Å². The molecule has 0 bridgehead atoms. The zero-order valence-electron chi connectivity index (χ0n) is 9.81. The summed E-state index contributed by atoms with van der Waals surface area (Å²) >= 11 is 9.32. The van der Waals surface area contributed by atoms with Crippen LogP contribution in [0.3, 0.4) is 0 Å². The maximum atomic E-state index is 11.8. The van der Waals surface area contributed by atoms with Gasteiger partial charge in [-0.3, -0.25) is 4.79 Å². The zero-order valence-corrected chi connectivity index (χ0v) is 12.1. The van der Waals surface area contributed by atoms with Crippen molar-refractivity contribution < 1.29 is 4.79 Å². The van der Waals surface area contributed by atoms with Crippen LogP contribution in [0.4, 0.5) is 0 Å². The number of hydrogen-bond donors (Lipinski definition) is 1. The van der Waals surface area contributed by atoms with E-state index >= 15 is 0 Å². The number of carbonyl (C=O) groups excluding carboxylic acids is 1. The Labute approximate surface area is 124 Å². The smallest absolute Gasteiger partial charge is 0.267 e. The second kappa shape index (κ2) is 6.50. The molecule has 0 atom stereocenters. The first-order valence-corrected chi connectivity index (χ1v) is 6.68. The summed E-state index contributed by atoms with van der Waals surface area (Å²) in [6.07, 6.45) is 1.57. The summed E-state index contributed by atoms with van der Waals surface area (Å²) in [5, 5.41) is 4.31. The fourth-order valence-electron chi connectivity index (χ4n) is 1.45. The molecule has 0 aliphatic carbocycles. The third-order valence-electron chi connectivity index (χ3n) is 2.39. The number of rotatable bonds is 3. The van der Waals surface area contributed by atoms with E-state index in [4.69, 9.17) is 11.6 Å². The Morgan fingerprint density at radius 1 is 1.16 bits per heavy atom. The summed E-state index contributed by atoms with van der Waals surface area (Å²) in [4.78, 5) is 11.8. The van der Waals surface area contributed by atoms with Gasteiger partial charge >= 0.3 is 0 Å². The summed E-state index contributed by atoms with van der Waals surface area (Å²) in [5.41, 5.74) is 3.71. The number of hydrogen-bond acceptors (Lipinski definition) is 2. The number of nitrogens with one attached hydrogen (secondary N) is 1. The largest absolute Gasteiger partial charge is 0.272 e. The molecule has 0 unspecified atom stereocenters. The van der Waals surface area contributed by atoms with Gasteiger partial charge in [0, 0.05) is 10.0 Å². The highest BCUT2D eigenvalue weighted by atomic mass is 79.9. The van der Waals surface area contributed by atoms with E-state index in [2.05, 4.69) is 26.5 Å². The van der Waals surface area contributed by atoms with Crippen molar-refractivity contribution in [1.82, 2.24) is 5.43 Å². The van der Waals surface area contributed by atoms with Gasteiger partial charge in [0.1, 0.15) is 0 Å². The minimum atomic E-state index is -0.339. The first kappa shape index (κ1) is 13.8. The van der Waals surface area contributed by atoms with Crippen molar-refractivity contribution in [2.24, 2.45) is 5.10 Å². The quantitative estimate of drug-likeness (QED) is 0.670. The molecule has 2 aromatic carbocycles. The third kappa shape index (κ3) is 3.66. The monoisotopic (exact) mass is 336 g/mol. The topological polar surface area (TPSA) is 41.5 Å². The summed E-state index contributed by atoms with van der Waals surface area (Å²) in [6.45, 7) is 0. The minimum Gasteiger partial charge on any atom is -0.267 e. The molecule has 0 spiro atoms. The molecule has 0 aliphatic heterocycles. The van der Waals surface area contributed by atoms with Crippen LogP contribution in [0.2, 0.25) is 5.02 Å². The lowest BCUT2D eigenvalue weighted by Crippen LogP contribution is -2.17. The van der Waals surface area contributed by atoms with E-state index in [1.54, 1.807) is 30.5 Å². The van der Waals surface area contributed by atoms with Crippen molar-refractivity contribution >= 4 is 39.7 Å². The van der Waals surface area contributed by atoms with Crippen LogP contribution < -0.4 is 5.43 Å². The van der Waals surface area contributed by atoms with Crippen molar-refractivity contribution in [3.8, 4) is 0 Å². The van der Waals surface area contributed by atoms with E-state index in [1.807, 2.05) is 24.3 Å². The van der Waals surface area contributed by atoms with Crippen molar-refractivity contribution in [3.63, 3.8) is 0 Å². The molecule has 19 heavy (non-hydrogen) atoms. The number of amides is 1. The Balaban J connectivity index is 2.06. The fraction of sp³-hybridized carbons (Fsp3) is 0. The lowest BCUT2D eigenvalue weighted by Gasteiger charge is -2.02. The van der Waals surface area contributed by atoms with E-state index in [9.17, 15) is 4.79 Å². The van der Waals surface area contributed by atoms with Crippen molar-refractivity contribution in [3.05, 3.63) is 69.2 Å². The average Bonchev–Trinajstić information content (AvgIpc) is 2.41. The first-order chi connectivity index (χ1) is 9.18. The molecule has 2 aromatic rings. The van der Waals surface area contributed by atoms with Crippen LogP contribution in [0.25, 0.3) is 0 Å². The summed E-state index contributed by atoms with van der Waals surface area (Å²) < 4.78 is 0.908. The van der Waals surface area contributed by atoms with Gasteiger partial charge in [-0.25, -0.2) is 5.43 Å². The maximum absolute atomic E-state index is 11.8. The second-order valence-corrected chi connectivity index (χ2v) is 4.96. The van der Waals surface area contributed by atoms with E-state index < -0.39 is 0 Å². The Hall–Kier alpha value is -1.65. The average molecular weight is 338 g/mol. The Morgan fingerprint density at radius 3 is 2.58 bits per heavy atom. The molecule has 0 aromatic heterocycles. The van der Waals surface area contributed by atoms with Gasteiger partial charge in [-0.05, 0) is 18.2 Å². The number of halogens is 2. The lowest BCUT2D eigenvalue weighted by atomic mass is 10.2. The number of hydrazone groups is 1. The molecule has 0 aliphatic rings. The molecule has 96 valence electrons. The molecule has 0 fully saturated rings. The van der Waals surface area contributed by atoms with Crippen molar-refractivity contribution in [2.75, 3.05) is 0 Å². The molecule has 0 saturated carbocycles. The molecule has 0 radical (unpaired) electrons. The fourth-order valence-corrected chi connectivity index (χ4v) is 2.05. The Morgan fingerprint density at radius 2 is 1.84 bits per heavy atom. The van der Waals surface area contributed by atoms with Crippen LogP contribution in [-0.2, 0) is 0 Å². The molecule has 5 heteroatoms. The Bertz CT molecular complexity index is 628. The minimum absolute atomic E-state index is 0.339. The van der Waals surface area contributed by atoms with Gasteiger partial charge in [0.15, 0.2) is 0 Å². The summed E-state index contributed by atoms with van der Waals surface area (Å²) in [7, 11) is 0. The predicted molar refractivity (Wildman–Crippen MR) is 80.7 cm³/mol. The molecule has 1 N–H and O–H groups in total. The standard InChI is InChI=1S/C14H10BrClN2O/c15-12-7-3-1-5-10(12)9-17-18-14(19)11-6-2-4-8-13(11)16/h1-9H,(H,18,19). The van der Waals surface area contributed by atoms with Crippen LogP contribution in [-0.4, -0.2) is 12.1 Å². The second-order valence-electron chi connectivity index (χ2n) is 3.70. The molecule has 2 rings (SSSR count). The molecule has 1 amide bonds.